The van der Waals surface area contributed by atoms with Gasteiger partial charge in [-0.05, 0) is 6.42 Å². The molecule has 0 atom stereocenters. The number of nitro benzene ring substituents is 1. The Hall–Kier alpha value is -3.83. The van der Waals surface area contributed by atoms with Gasteiger partial charge in [0.05, 0.1) is 29.8 Å². The third kappa shape index (κ3) is 6.12. The van der Waals surface area contributed by atoms with Crippen LogP contribution in [0.3, 0.4) is 0 Å². The number of nitrogens with zero attached hydrogens (tertiary/aromatic N) is 1. The van der Waals surface area contributed by atoms with Crippen molar-refractivity contribution in [2.75, 3.05) is 13.7 Å². The summed E-state index contributed by atoms with van der Waals surface area (Å²) in [5.41, 5.74) is 1.79. The molecular formula is C29H29BNO5P. The van der Waals surface area contributed by atoms with Gasteiger partial charge >= 0.3 is 0 Å². The first kappa shape index (κ1) is 26.2. The lowest BCUT2D eigenvalue weighted by atomic mass is 9.85. The molecule has 0 saturated heterocycles. The third-order valence-electron chi connectivity index (χ3n) is 5.90. The molecule has 0 unspecified atom stereocenters. The van der Waals surface area contributed by atoms with Crippen LogP contribution in [0, 0.1) is 10.1 Å². The van der Waals surface area contributed by atoms with E-state index in [1.807, 2.05) is 74.6 Å². The van der Waals surface area contributed by atoms with Crippen molar-refractivity contribution in [3.05, 3.63) is 101 Å². The van der Waals surface area contributed by atoms with Crippen LogP contribution in [0.25, 0.3) is 11.1 Å². The monoisotopic (exact) mass is 513 g/mol. The van der Waals surface area contributed by atoms with Crippen LogP contribution in [0.15, 0.2) is 91.0 Å². The summed E-state index contributed by atoms with van der Waals surface area (Å²) in [6, 6.07) is 28.6. The van der Waals surface area contributed by atoms with E-state index in [2.05, 4.69) is 6.92 Å². The lowest BCUT2D eigenvalue weighted by Gasteiger charge is -2.24. The molecule has 37 heavy (non-hydrogen) atoms. The molecule has 8 heteroatoms. The van der Waals surface area contributed by atoms with Crippen molar-refractivity contribution in [2.24, 2.45) is 0 Å². The molecule has 0 saturated carbocycles. The molecule has 0 aliphatic heterocycles. The van der Waals surface area contributed by atoms with Gasteiger partial charge in [0.15, 0.2) is 8.15 Å². The van der Waals surface area contributed by atoms with Gasteiger partial charge in [-0.1, -0.05) is 91.6 Å². The van der Waals surface area contributed by atoms with Gasteiger partial charge in [0.2, 0.25) is 0 Å². The second-order valence-electron chi connectivity index (χ2n) is 8.48. The molecule has 4 rings (SSSR count). The standard InChI is InChI=1S/C29H29BNO5P/c1-3-4-18-35-26-19-21(34-2)20-27(29(26)28-24(30)16-11-17-25(28)31(32)33)36-37(22-12-7-5-8-13-22)23-14-9-6-10-15-23/h5-17,19-20H,3-4,18,30H2,1-2H3. The summed E-state index contributed by atoms with van der Waals surface area (Å²) in [5, 5.41) is 14.2. The van der Waals surface area contributed by atoms with Crippen molar-refractivity contribution in [3.8, 4) is 28.4 Å². The highest BCUT2D eigenvalue weighted by Crippen LogP contribution is 2.49. The second kappa shape index (κ2) is 12.4. The summed E-state index contributed by atoms with van der Waals surface area (Å²) in [6.07, 6.45) is 1.81. The Balaban J connectivity index is 1.96. The number of ether oxygens (including phenoxy) is 2. The smallest absolute Gasteiger partial charge is 0.276 e. The molecule has 188 valence electrons. The summed E-state index contributed by atoms with van der Waals surface area (Å²) in [7, 11) is 2.15. The van der Waals surface area contributed by atoms with E-state index in [1.54, 1.807) is 25.3 Å². The van der Waals surface area contributed by atoms with Crippen molar-refractivity contribution in [2.45, 2.75) is 19.8 Å². The van der Waals surface area contributed by atoms with E-state index in [0.29, 0.717) is 35.0 Å². The van der Waals surface area contributed by atoms with Crippen LogP contribution in [0.5, 0.6) is 17.2 Å². The van der Waals surface area contributed by atoms with Gasteiger partial charge in [0, 0.05) is 28.8 Å². The van der Waals surface area contributed by atoms with Crippen molar-refractivity contribution in [3.63, 3.8) is 0 Å². The zero-order chi connectivity index (χ0) is 26.2. The molecule has 0 N–H and O–H groups in total. The molecule has 0 bridgehead atoms. The highest BCUT2D eigenvalue weighted by Gasteiger charge is 2.28. The Bertz CT molecular complexity index is 1310. The zero-order valence-electron chi connectivity index (χ0n) is 21.2. The van der Waals surface area contributed by atoms with Crippen LogP contribution in [0.2, 0.25) is 0 Å². The minimum absolute atomic E-state index is 0.000826. The summed E-state index contributed by atoms with van der Waals surface area (Å²) < 4.78 is 18.7. The molecule has 4 aromatic rings. The quantitative estimate of drug-likeness (QED) is 0.0914. The first-order valence-electron chi connectivity index (χ1n) is 12.2. The van der Waals surface area contributed by atoms with Crippen LogP contribution in [0.1, 0.15) is 19.8 Å². The topological polar surface area (TPSA) is 70.8 Å². The van der Waals surface area contributed by atoms with Crippen molar-refractivity contribution >= 4 is 37.8 Å². The molecule has 0 aliphatic carbocycles. The highest BCUT2D eigenvalue weighted by atomic mass is 31.1. The van der Waals surface area contributed by atoms with E-state index in [4.69, 9.17) is 14.0 Å². The van der Waals surface area contributed by atoms with Gasteiger partial charge in [0.1, 0.15) is 25.1 Å². The molecule has 6 nitrogen and oxygen atoms in total. The third-order valence-corrected chi connectivity index (χ3v) is 7.81. The Morgan fingerprint density at radius 1 is 0.865 bits per heavy atom. The SMILES string of the molecule is Bc1cccc([N+](=O)[O-])c1-c1c(OCCCC)cc(OC)cc1OP(c1ccccc1)c1ccccc1. The molecular weight excluding hydrogens is 484 g/mol. The summed E-state index contributed by atoms with van der Waals surface area (Å²) >= 11 is 0. The minimum atomic E-state index is -1.30. The lowest BCUT2D eigenvalue weighted by Crippen LogP contribution is -2.17. The van der Waals surface area contributed by atoms with E-state index in [0.717, 1.165) is 28.9 Å². The molecule has 0 aromatic heterocycles. The first-order valence-corrected chi connectivity index (χ1v) is 13.5. The zero-order valence-corrected chi connectivity index (χ0v) is 22.1. The van der Waals surface area contributed by atoms with E-state index in [1.165, 1.54) is 6.07 Å². The second-order valence-corrected chi connectivity index (χ2v) is 10.3. The average Bonchev–Trinajstić information content (AvgIpc) is 2.92. The van der Waals surface area contributed by atoms with Gasteiger partial charge in [-0.15, -0.1) is 0 Å². The van der Waals surface area contributed by atoms with E-state index in [9.17, 15) is 10.1 Å². The number of nitro groups is 1. The number of hydrogen-bond acceptors (Lipinski definition) is 5. The normalized spacial score (nSPS) is 10.8. The first-order chi connectivity index (χ1) is 18.0. The molecule has 0 aliphatic rings. The minimum Gasteiger partial charge on any atom is -0.496 e. The maximum Gasteiger partial charge on any atom is 0.276 e. The van der Waals surface area contributed by atoms with Gasteiger partial charge in [0.25, 0.3) is 5.69 Å². The maximum absolute atomic E-state index is 12.1. The largest absolute Gasteiger partial charge is 0.496 e. The summed E-state index contributed by atoms with van der Waals surface area (Å²) in [4.78, 5) is 11.8. The van der Waals surface area contributed by atoms with E-state index >= 15 is 0 Å². The Morgan fingerprint density at radius 3 is 2.05 bits per heavy atom. The Kier molecular flexibility index (Phi) is 8.81. The fraction of sp³-hybridized carbons (Fsp3) is 0.172. The number of methoxy groups -OCH3 is 1. The number of hydrogen-bond donors (Lipinski definition) is 0. The van der Waals surface area contributed by atoms with Crippen molar-refractivity contribution < 1.29 is 18.9 Å². The molecule has 0 heterocycles. The Labute approximate surface area is 219 Å². The lowest BCUT2D eigenvalue weighted by molar-refractivity contribution is -0.384. The van der Waals surface area contributed by atoms with Crippen molar-refractivity contribution in [1.82, 2.24) is 0 Å². The van der Waals surface area contributed by atoms with Gasteiger partial charge in [-0.25, -0.2) is 0 Å². The Morgan fingerprint density at radius 2 is 1.49 bits per heavy atom. The van der Waals surface area contributed by atoms with Crippen molar-refractivity contribution in [1.29, 1.82) is 0 Å². The average molecular weight is 513 g/mol. The van der Waals surface area contributed by atoms with E-state index < -0.39 is 8.15 Å². The van der Waals surface area contributed by atoms with Gasteiger partial charge < -0.3 is 14.0 Å². The fourth-order valence-electron chi connectivity index (χ4n) is 4.05. The number of unbranched alkanes of at least 4 members (excludes halogenated alkanes) is 1. The van der Waals surface area contributed by atoms with E-state index in [-0.39, 0.29) is 10.6 Å². The predicted octanol–water partition coefficient (Wildman–Crippen LogP) is 5.13. The molecule has 0 spiro atoms. The van der Waals surface area contributed by atoms with Crippen LogP contribution >= 0.6 is 8.15 Å². The summed E-state index contributed by atoms with van der Waals surface area (Å²) in [6.45, 7) is 2.56. The van der Waals surface area contributed by atoms with Crippen LogP contribution < -0.4 is 30.1 Å². The fourth-order valence-corrected chi connectivity index (χ4v) is 5.79. The maximum atomic E-state index is 12.1. The predicted molar refractivity (Wildman–Crippen MR) is 153 cm³/mol. The molecule has 4 aromatic carbocycles. The molecule has 0 amide bonds. The van der Waals surface area contributed by atoms with Gasteiger partial charge in [-0.2, -0.15) is 0 Å². The number of benzene rings is 4. The highest BCUT2D eigenvalue weighted by molar-refractivity contribution is 7.68. The molecule has 0 fully saturated rings. The van der Waals surface area contributed by atoms with Crippen LogP contribution in [0.4, 0.5) is 5.69 Å². The summed E-state index contributed by atoms with van der Waals surface area (Å²) in [5.74, 6) is 1.52. The van der Waals surface area contributed by atoms with Crippen LogP contribution in [-0.4, -0.2) is 26.5 Å². The number of rotatable bonds is 11. The molecule has 0 radical (unpaired) electrons. The van der Waals surface area contributed by atoms with Gasteiger partial charge in [-0.3, -0.25) is 10.1 Å². The van der Waals surface area contributed by atoms with Crippen LogP contribution in [-0.2, 0) is 0 Å².